The Morgan fingerprint density at radius 2 is 1.97 bits per heavy atom. The number of Topliss-reactive ketones (excluding diaryl/α,β-unsaturated/α-hetero) is 1. The van der Waals surface area contributed by atoms with Crippen LogP contribution in [0.1, 0.15) is 47.3 Å². The van der Waals surface area contributed by atoms with Crippen LogP contribution in [0.5, 0.6) is 5.75 Å². The third-order valence-electron chi connectivity index (χ3n) is 6.12. The Morgan fingerprint density at radius 1 is 1.19 bits per heavy atom. The summed E-state index contributed by atoms with van der Waals surface area (Å²) in [6.45, 7) is 2.94. The van der Waals surface area contributed by atoms with Crippen molar-refractivity contribution in [2.45, 2.75) is 39.0 Å². The maximum absolute atomic E-state index is 12.8. The fraction of sp³-hybridized carbons (Fsp3) is 0.375. The molecule has 0 saturated carbocycles. The summed E-state index contributed by atoms with van der Waals surface area (Å²) in [6, 6.07) is 8.54. The van der Waals surface area contributed by atoms with Crippen molar-refractivity contribution in [2.75, 3.05) is 13.1 Å². The minimum absolute atomic E-state index is 0.0829. The van der Waals surface area contributed by atoms with Gasteiger partial charge >= 0.3 is 0 Å². The summed E-state index contributed by atoms with van der Waals surface area (Å²) >= 11 is 0. The minimum Gasteiger partial charge on any atom is -0.508 e. The second-order valence-electron chi connectivity index (χ2n) is 8.28. The van der Waals surface area contributed by atoms with E-state index in [2.05, 4.69) is 4.98 Å². The molecule has 0 spiro atoms. The highest BCUT2D eigenvalue weighted by atomic mass is 16.3. The number of nitrogens with zero attached hydrogens (tertiary/aromatic N) is 2. The van der Waals surface area contributed by atoms with E-state index < -0.39 is 0 Å². The Kier molecular flexibility index (Phi) is 5.93. The van der Waals surface area contributed by atoms with Crippen LogP contribution in [-0.4, -0.2) is 44.2 Å². The number of likely N-dealkylation sites (tertiary alicyclic amines) is 1. The summed E-state index contributed by atoms with van der Waals surface area (Å²) in [5.74, 6) is 0.274. The van der Waals surface area contributed by atoms with Crippen molar-refractivity contribution in [1.82, 2.24) is 14.3 Å². The number of aryl methyl sites for hydroxylation is 2. The number of aromatic amines is 1. The summed E-state index contributed by atoms with van der Waals surface area (Å²) < 4.78 is 1.80. The summed E-state index contributed by atoms with van der Waals surface area (Å²) in [7, 11) is 0. The molecule has 31 heavy (non-hydrogen) atoms. The first-order chi connectivity index (χ1) is 14.9. The van der Waals surface area contributed by atoms with Crippen molar-refractivity contribution in [3.8, 4) is 5.75 Å². The van der Waals surface area contributed by atoms with Gasteiger partial charge in [-0.25, -0.2) is 0 Å². The first-order valence-corrected chi connectivity index (χ1v) is 10.7. The van der Waals surface area contributed by atoms with E-state index in [1.165, 1.54) is 0 Å². The molecular weight excluding hydrogens is 394 g/mol. The van der Waals surface area contributed by atoms with E-state index in [1.807, 2.05) is 23.4 Å². The second-order valence-corrected chi connectivity index (χ2v) is 8.28. The molecule has 2 N–H and O–H groups in total. The van der Waals surface area contributed by atoms with Crippen molar-refractivity contribution < 1.29 is 14.7 Å². The summed E-state index contributed by atoms with van der Waals surface area (Å²) in [5, 5.41) is 9.65. The molecule has 0 atom stereocenters. The molecule has 0 unspecified atom stereocenters. The first kappa shape index (κ1) is 20.9. The zero-order chi connectivity index (χ0) is 22.0. The van der Waals surface area contributed by atoms with E-state index in [4.69, 9.17) is 0 Å². The maximum Gasteiger partial charge on any atom is 0.272 e. The molecule has 4 rings (SSSR count). The van der Waals surface area contributed by atoms with Crippen molar-refractivity contribution in [1.29, 1.82) is 0 Å². The van der Waals surface area contributed by atoms with Crippen LogP contribution in [0.2, 0.25) is 0 Å². The zero-order valence-corrected chi connectivity index (χ0v) is 17.6. The normalized spacial score (nSPS) is 14.8. The van der Waals surface area contributed by atoms with Crippen LogP contribution in [0, 0.1) is 12.8 Å². The largest absolute Gasteiger partial charge is 0.508 e. The first-order valence-electron chi connectivity index (χ1n) is 10.7. The number of ketones is 1. The van der Waals surface area contributed by atoms with Gasteiger partial charge in [0.1, 0.15) is 11.3 Å². The Labute approximate surface area is 180 Å². The van der Waals surface area contributed by atoms with Gasteiger partial charge in [-0.1, -0.05) is 0 Å². The van der Waals surface area contributed by atoms with Gasteiger partial charge in [-0.3, -0.25) is 14.4 Å². The highest BCUT2D eigenvalue weighted by Crippen LogP contribution is 2.25. The molecular formula is C24H27N3O4. The molecule has 2 aromatic heterocycles. The third-order valence-corrected chi connectivity index (χ3v) is 6.12. The van der Waals surface area contributed by atoms with Crippen LogP contribution in [-0.2, 0) is 11.2 Å². The van der Waals surface area contributed by atoms with Gasteiger partial charge in [0.05, 0.1) is 0 Å². The average molecular weight is 421 g/mol. The predicted molar refractivity (Wildman–Crippen MR) is 117 cm³/mol. The van der Waals surface area contributed by atoms with Crippen LogP contribution in [0.3, 0.4) is 0 Å². The molecule has 1 aliphatic rings. The van der Waals surface area contributed by atoms with Crippen LogP contribution in [0.4, 0.5) is 0 Å². The molecule has 1 saturated heterocycles. The zero-order valence-electron chi connectivity index (χ0n) is 17.6. The van der Waals surface area contributed by atoms with Crippen molar-refractivity contribution in [3.63, 3.8) is 0 Å². The number of nitrogens with one attached hydrogen (secondary N) is 1. The van der Waals surface area contributed by atoms with E-state index in [9.17, 15) is 19.5 Å². The molecule has 0 radical (unpaired) electrons. The van der Waals surface area contributed by atoms with E-state index >= 15 is 0 Å². The lowest BCUT2D eigenvalue weighted by Gasteiger charge is -2.31. The summed E-state index contributed by atoms with van der Waals surface area (Å²) in [5.41, 5.74) is 2.61. The molecule has 162 valence electrons. The van der Waals surface area contributed by atoms with Gasteiger partial charge in [-0.2, -0.15) is 0 Å². The number of benzene rings is 1. The highest BCUT2D eigenvalue weighted by Gasteiger charge is 2.28. The van der Waals surface area contributed by atoms with Gasteiger partial charge in [0.25, 0.3) is 5.56 Å². The Hall–Kier alpha value is -3.35. The van der Waals surface area contributed by atoms with Crippen molar-refractivity contribution in [3.05, 3.63) is 69.9 Å². The molecule has 1 aliphatic heterocycles. The Morgan fingerprint density at radius 3 is 2.71 bits per heavy atom. The Bertz CT molecular complexity index is 1170. The number of phenols is 1. The molecule has 1 aromatic carbocycles. The Balaban J connectivity index is 1.26. The van der Waals surface area contributed by atoms with Crippen LogP contribution in [0.15, 0.2) is 47.5 Å². The van der Waals surface area contributed by atoms with Crippen LogP contribution in [0.25, 0.3) is 5.52 Å². The number of amides is 1. The lowest BCUT2D eigenvalue weighted by Crippen LogP contribution is -2.40. The molecule has 3 aromatic rings. The van der Waals surface area contributed by atoms with E-state index in [1.54, 1.807) is 35.6 Å². The molecule has 1 amide bonds. The number of H-pyrrole nitrogens is 1. The number of fused-ring (bicyclic) bond motifs is 1. The summed E-state index contributed by atoms with van der Waals surface area (Å²) in [4.78, 5) is 42.1. The molecule has 7 heteroatoms. The number of phenolic OH excluding ortho intramolecular Hbond substituents is 1. The molecule has 3 heterocycles. The maximum atomic E-state index is 12.8. The lowest BCUT2D eigenvalue weighted by molar-refractivity contribution is -0.132. The summed E-state index contributed by atoms with van der Waals surface area (Å²) in [6.07, 6.45) is 6.75. The number of hydrogen-bond acceptors (Lipinski definition) is 4. The van der Waals surface area contributed by atoms with Crippen molar-refractivity contribution in [2.24, 2.45) is 5.92 Å². The number of carbonyl (C=O) groups is 2. The highest BCUT2D eigenvalue weighted by molar-refractivity contribution is 5.98. The number of hydrogen-bond donors (Lipinski definition) is 2. The standard InChI is InChI=1S/C24H27N3O4/c1-16-14-18(7-8-21(16)28)23(30)17-9-12-26(13-10-17)22(29)6-2-4-19-15-27-11-3-5-20(27)24(31)25-19/h3,5,7-8,11,14-15,17,28H,2,4,6,9-10,12-13H2,1H3,(H,25,31). The fourth-order valence-electron chi connectivity index (χ4n) is 4.26. The number of aromatic hydroxyl groups is 1. The van der Waals surface area contributed by atoms with Crippen LogP contribution < -0.4 is 5.56 Å². The van der Waals surface area contributed by atoms with Gasteiger partial charge < -0.3 is 19.4 Å². The van der Waals surface area contributed by atoms with Gasteiger partial charge in [0.15, 0.2) is 5.78 Å². The average Bonchev–Trinajstić information content (AvgIpc) is 3.24. The van der Waals surface area contributed by atoms with Gasteiger partial charge in [0.2, 0.25) is 5.91 Å². The predicted octanol–water partition coefficient (Wildman–Crippen LogP) is 3.09. The lowest BCUT2D eigenvalue weighted by atomic mass is 9.88. The smallest absolute Gasteiger partial charge is 0.272 e. The minimum atomic E-state index is -0.121. The molecule has 1 fully saturated rings. The molecule has 0 bridgehead atoms. The van der Waals surface area contributed by atoms with Crippen LogP contribution >= 0.6 is 0 Å². The van der Waals surface area contributed by atoms with E-state index in [-0.39, 0.29) is 28.9 Å². The van der Waals surface area contributed by atoms with E-state index in [0.29, 0.717) is 61.8 Å². The number of aromatic nitrogens is 2. The second kappa shape index (κ2) is 8.79. The molecule has 7 nitrogen and oxygen atoms in total. The van der Waals surface area contributed by atoms with E-state index in [0.717, 1.165) is 5.69 Å². The van der Waals surface area contributed by atoms with Gasteiger partial charge in [-0.05, 0) is 68.5 Å². The SMILES string of the molecule is Cc1cc(C(=O)C2CCN(C(=O)CCCc3cn4cccc4c(=O)[nH]3)CC2)ccc1O. The van der Waals surface area contributed by atoms with Gasteiger partial charge in [-0.15, -0.1) is 0 Å². The monoisotopic (exact) mass is 421 g/mol. The molecule has 0 aliphatic carbocycles. The van der Waals surface area contributed by atoms with Crippen molar-refractivity contribution >= 4 is 17.2 Å². The fourth-order valence-corrected chi connectivity index (χ4v) is 4.26. The number of piperidine rings is 1. The number of carbonyl (C=O) groups excluding carboxylic acids is 2. The van der Waals surface area contributed by atoms with Gasteiger partial charge in [0, 0.05) is 49.1 Å². The third kappa shape index (κ3) is 4.55. The number of rotatable bonds is 6. The topological polar surface area (TPSA) is 94.9 Å². The quantitative estimate of drug-likeness (QED) is 0.598.